The summed E-state index contributed by atoms with van der Waals surface area (Å²) in [5, 5.41) is 11.1. The van der Waals surface area contributed by atoms with Gasteiger partial charge in [0.25, 0.3) is 5.91 Å². The fraction of sp³-hybridized carbons (Fsp3) is 0.333. The minimum absolute atomic E-state index is 0.0181. The number of nitriles is 1. The molecule has 1 aliphatic heterocycles. The maximum absolute atomic E-state index is 13.4. The summed E-state index contributed by atoms with van der Waals surface area (Å²) >= 11 is 0. The molecule has 2 rings (SSSR count). The SMILES string of the molecule is N#Cc1ccc(F)c(NC(=O)[C@H]2CCCO2)c1. The van der Waals surface area contributed by atoms with Crippen molar-refractivity contribution in [3.05, 3.63) is 29.6 Å². The molecule has 5 heteroatoms. The van der Waals surface area contributed by atoms with Gasteiger partial charge in [-0.15, -0.1) is 0 Å². The van der Waals surface area contributed by atoms with Gasteiger partial charge in [0.15, 0.2) is 0 Å². The van der Waals surface area contributed by atoms with Crippen molar-refractivity contribution in [3.8, 4) is 6.07 Å². The molecule has 1 amide bonds. The van der Waals surface area contributed by atoms with E-state index in [0.717, 1.165) is 12.5 Å². The van der Waals surface area contributed by atoms with Gasteiger partial charge >= 0.3 is 0 Å². The van der Waals surface area contributed by atoms with E-state index in [2.05, 4.69) is 5.32 Å². The second-order valence-corrected chi connectivity index (χ2v) is 3.80. The molecule has 88 valence electrons. The van der Waals surface area contributed by atoms with Crippen LogP contribution in [0.15, 0.2) is 18.2 Å². The summed E-state index contributed by atoms with van der Waals surface area (Å²) in [6.45, 7) is 0.554. The number of hydrogen-bond donors (Lipinski definition) is 1. The van der Waals surface area contributed by atoms with Gasteiger partial charge in [-0.3, -0.25) is 4.79 Å². The summed E-state index contributed by atoms with van der Waals surface area (Å²) in [6, 6.07) is 5.71. The predicted octanol–water partition coefficient (Wildman–Crippen LogP) is 1.81. The van der Waals surface area contributed by atoms with E-state index in [0.29, 0.717) is 18.6 Å². The number of halogens is 1. The zero-order chi connectivity index (χ0) is 12.3. The Morgan fingerprint density at radius 2 is 2.41 bits per heavy atom. The molecule has 4 nitrogen and oxygen atoms in total. The van der Waals surface area contributed by atoms with Gasteiger partial charge < -0.3 is 10.1 Å². The third-order valence-corrected chi connectivity index (χ3v) is 2.58. The molecular weight excluding hydrogens is 223 g/mol. The van der Waals surface area contributed by atoms with Gasteiger partial charge in [0.1, 0.15) is 11.9 Å². The normalized spacial score (nSPS) is 18.7. The summed E-state index contributed by atoms with van der Waals surface area (Å²) in [5.41, 5.74) is 0.318. The molecule has 1 fully saturated rings. The highest BCUT2D eigenvalue weighted by atomic mass is 19.1. The smallest absolute Gasteiger partial charge is 0.253 e. The van der Waals surface area contributed by atoms with Crippen LogP contribution in [0.5, 0.6) is 0 Å². The van der Waals surface area contributed by atoms with Crippen LogP contribution in [0.2, 0.25) is 0 Å². The van der Waals surface area contributed by atoms with Gasteiger partial charge in [0.2, 0.25) is 0 Å². The molecule has 1 N–H and O–H groups in total. The second kappa shape index (κ2) is 4.93. The minimum atomic E-state index is -0.560. The molecular formula is C12H11FN2O2. The number of ether oxygens (including phenoxy) is 1. The first-order valence-electron chi connectivity index (χ1n) is 5.33. The molecule has 1 heterocycles. The molecule has 0 aromatic heterocycles. The van der Waals surface area contributed by atoms with Crippen LogP contribution in [0.25, 0.3) is 0 Å². The third-order valence-electron chi connectivity index (χ3n) is 2.58. The van der Waals surface area contributed by atoms with E-state index < -0.39 is 11.9 Å². The highest BCUT2D eigenvalue weighted by Gasteiger charge is 2.24. The Labute approximate surface area is 98.0 Å². The van der Waals surface area contributed by atoms with Crippen LogP contribution in [0.1, 0.15) is 18.4 Å². The van der Waals surface area contributed by atoms with Crippen LogP contribution in [0.3, 0.4) is 0 Å². The maximum atomic E-state index is 13.4. The Balaban J connectivity index is 2.12. The number of nitrogens with zero attached hydrogens (tertiary/aromatic N) is 1. The topological polar surface area (TPSA) is 62.1 Å². The summed E-state index contributed by atoms with van der Waals surface area (Å²) in [6.07, 6.45) is 0.963. The van der Waals surface area contributed by atoms with E-state index in [1.807, 2.05) is 6.07 Å². The lowest BCUT2D eigenvalue weighted by Gasteiger charge is -2.11. The Morgan fingerprint density at radius 1 is 1.59 bits per heavy atom. The average molecular weight is 234 g/mol. The molecule has 0 aliphatic carbocycles. The van der Waals surface area contributed by atoms with Gasteiger partial charge in [0, 0.05) is 6.61 Å². The molecule has 0 radical (unpaired) electrons. The van der Waals surface area contributed by atoms with Crippen LogP contribution in [0.4, 0.5) is 10.1 Å². The monoisotopic (exact) mass is 234 g/mol. The minimum Gasteiger partial charge on any atom is -0.368 e. The largest absolute Gasteiger partial charge is 0.368 e. The number of carbonyl (C=O) groups excluding carboxylic acids is 1. The number of amides is 1. The van der Waals surface area contributed by atoms with Gasteiger partial charge in [0.05, 0.1) is 17.3 Å². The van der Waals surface area contributed by atoms with Gasteiger partial charge in [-0.2, -0.15) is 5.26 Å². The molecule has 0 unspecified atom stereocenters. The van der Waals surface area contributed by atoms with Crippen molar-refractivity contribution in [2.45, 2.75) is 18.9 Å². The van der Waals surface area contributed by atoms with E-state index in [-0.39, 0.29) is 11.6 Å². The fourth-order valence-electron chi connectivity index (χ4n) is 1.69. The van der Waals surface area contributed by atoms with Crippen LogP contribution in [-0.2, 0) is 9.53 Å². The zero-order valence-electron chi connectivity index (χ0n) is 9.07. The first kappa shape index (κ1) is 11.6. The summed E-state index contributed by atoms with van der Waals surface area (Å²) in [7, 11) is 0. The molecule has 1 aromatic rings. The maximum Gasteiger partial charge on any atom is 0.253 e. The van der Waals surface area contributed by atoms with Crippen LogP contribution < -0.4 is 5.32 Å². The molecule has 1 atom stereocenters. The van der Waals surface area contributed by atoms with Crippen LogP contribution >= 0.6 is 0 Å². The van der Waals surface area contributed by atoms with E-state index in [1.165, 1.54) is 12.1 Å². The van der Waals surface area contributed by atoms with E-state index >= 15 is 0 Å². The van der Waals surface area contributed by atoms with Gasteiger partial charge in [-0.1, -0.05) is 0 Å². The molecule has 0 spiro atoms. The van der Waals surface area contributed by atoms with Crippen molar-refractivity contribution >= 4 is 11.6 Å². The zero-order valence-corrected chi connectivity index (χ0v) is 9.07. The van der Waals surface area contributed by atoms with E-state index in [9.17, 15) is 9.18 Å². The first-order chi connectivity index (χ1) is 8.20. The molecule has 17 heavy (non-hydrogen) atoms. The quantitative estimate of drug-likeness (QED) is 0.848. The Hall–Kier alpha value is -1.93. The van der Waals surface area contributed by atoms with E-state index in [1.54, 1.807) is 0 Å². The summed E-state index contributed by atoms with van der Waals surface area (Å²) in [4.78, 5) is 11.7. The number of hydrogen-bond acceptors (Lipinski definition) is 3. The Bertz CT molecular complexity index is 476. The molecule has 0 saturated carbocycles. The lowest BCUT2D eigenvalue weighted by Crippen LogP contribution is -2.27. The number of nitrogens with one attached hydrogen (secondary N) is 1. The molecule has 1 aromatic carbocycles. The Morgan fingerprint density at radius 3 is 3.06 bits per heavy atom. The average Bonchev–Trinajstić information content (AvgIpc) is 2.85. The van der Waals surface area contributed by atoms with Crippen molar-refractivity contribution in [3.63, 3.8) is 0 Å². The van der Waals surface area contributed by atoms with Crippen LogP contribution in [-0.4, -0.2) is 18.6 Å². The van der Waals surface area contributed by atoms with Gasteiger partial charge in [-0.05, 0) is 31.0 Å². The first-order valence-corrected chi connectivity index (χ1v) is 5.33. The fourth-order valence-corrected chi connectivity index (χ4v) is 1.69. The second-order valence-electron chi connectivity index (χ2n) is 3.80. The van der Waals surface area contributed by atoms with Crippen molar-refractivity contribution in [1.82, 2.24) is 0 Å². The molecule has 0 bridgehead atoms. The number of anilines is 1. The van der Waals surface area contributed by atoms with Gasteiger partial charge in [-0.25, -0.2) is 4.39 Å². The summed E-state index contributed by atoms with van der Waals surface area (Å²) in [5.74, 6) is -0.924. The van der Waals surface area contributed by atoms with Crippen LogP contribution in [0, 0.1) is 17.1 Å². The predicted molar refractivity (Wildman–Crippen MR) is 58.7 cm³/mol. The standard InChI is InChI=1S/C12H11FN2O2/c13-9-4-3-8(7-14)6-10(9)15-12(16)11-2-1-5-17-11/h3-4,6,11H,1-2,5H2,(H,15,16)/t11-/m1/s1. The number of rotatable bonds is 2. The van der Waals surface area contributed by atoms with Crippen molar-refractivity contribution in [2.24, 2.45) is 0 Å². The Kier molecular flexibility index (Phi) is 3.35. The molecule has 1 saturated heterocycles. The third kappa shape index (κ3) is 2.60. The van der Waals surface area contributed by atoms with Crippen molar-refractivity contribution in [2.75, 3.05) is 11.9 Å². The number of carbonyl (C=O) groups is 1. The van der Waals surface area contributed by atoms with Crippen molar-refractivity contribution in [1.29, 1.82) is 5.26 Å². The number of benzene rings is 1. The lowest BCUT2D eigenvalue weighted by atomic mass is 10.2. The lowest BCUT2D eigenvalue weighted by molar-refractivity contribution is -0.124. The van der Waals surface area contributed by atoms with Crippen molar-refractivity contribution < 1.29 is 13.9 Å². The molecule has 1 aliphatic rings. The van der Waals surface area contributed by atoms with E-state index in [4.69, 9.17) is 10.00 Å². The highest BCUT2D eigenvalue weighted by molar-refractivity contribution is 5.94. The highest BCUT2D eigenvalue weighted by Crippen LogP contribution is 2.18. The summed E-state index contributed by atoms with van der Waals surface area (Å²) < 4.78 is 18.6.